The summed E-state index contributed by atoms with van der Waals surface area (Å²) in [6, 6.07) is 8.83. The van der Waals surface area contributed by atoms with Gasteiger partial charge in [-0.2, -0.15) is 0 Å². The van der Waals surface area contributed by atoms with Crippen molar-refractivity contribution in [2.75, 3.05) is 11.9 Å². The Morgan fingerprint density at radius 3 is 2.06 bits per heavy atom. The Kier molecular flexibility index (Phi) is 6.94. The first-order valence-corrected chi connectivity index (χ1v) is 11.7. The standard InChI is InChI=1S/C26H29FN2O4S/c1-25(2,3)18-11-15(12-19(22(18)31)26(4,5)6)13-20-23(32)29(24(33)34-20)14-21(30)28-17-9-7-16(27)8-10-17/h7-13,31H,14H2,1-6H3,(H,28,30)/b20-13-. The second-order valence-electron chi connectivity index (χ2n) is 10.3. The third-order valence-corrected chi connectivity index (χ3v) is 6.26. The maximum absolute atomic E-state index is 13.0. The molecule has 1 saturated heterocycles. The topological polar surface area (TPSA) is 86.7 Å². The first-order chi connectivity index (χ1) is 15.7. The van der Waals surface area contributed by atoms with Gasteiger partial charge in [-0.1, -0.05) is 41.5 Å². The van der Waals surface area contributed by atoms with Gasteiger partial charge in [0.25, 0.3) is 11.1 Å². The molecule has 1 heterocycles. The van der Waals surface area contributed by atoms with E-state index < -0.39 is 29.4 Å². The van der Waals surface area contributed by atoms with Crippen molar-refractivity contribution in [3.8, 4) is 5.75 Å². The number of benzene rings is 2. The molecule has 0 radical (unpaired) electrons. The number of hydrogen-bond acceptors (Lipinski definition) is 5. The van der Waals surface area contributed by atoms with Crippen LogP contribution in [0.5, 0.6) is 5.75 Å². The molecule has 1 aliphatic rings. The maximum atomic E-state index is 13.0. The molecule has 2 aromatic carbocycles. The summed E-state index contributed by atoms with van der Waals surface area (Å²) in [5.74, 6) is -1.34. The van der Waals surface area contributed by atoms with E-state index in [4.69, 9.17) is 0 Å². The maximum Gasteiger partial charge on any atom is 0.294 e. The third-order valence-electron chi connectivity index (χ3n) is 5.35. The van der Waals surface area contributed by atoms with Gasteiger partial charge in [0.05, 0.1) is 4.91 Å². The predicted octanol–water partition coefficient (Wildman–Crippen LogP) is 5.80. The van der Waals surface area contributed by atoms with Crippen LogP contribution in [-0.4, -0.2) is 33.6 Å². The molecule has 1 fully saturated rings. The van der Waals surface area contributed by atoms with Crippen molar-refractivity contribution in [1.82, 2.24) is 4.90 Å². The number of rotatable bonds is 4. The van der Waals surface area contributed by atoms with Gasteiger partial charge in [-0.05, 0) is 70.6 Å². The molecule has 6 nitrogen and oxygen atoms in total. The molecule has 0 atom stereocenters. The van der Waals surface area contributed by atoms with Crippen molar-refractivity contribution in [2.24, 2.45) is 0 Å². The third kappa shape index (κ3) is 5.67. The number of carbonyl (C=O) groups excluding carboxylic acids is 3. The molecular formula is C26H29FN2O4S. The van der Waals surface area contributed by atoms with Crippen LogP contribution in [0.1, 0.15) is 58.2 Å². The summed E-state index contributed by atoms with van der Waals surface area (Å²) in [6.45, 7) is 11.5. The quantitative estimate of drug-likeness (QED) is 0.536. The lowest BCUT2D eigenvalue weighted by Crippen LogP contribution is -2.36. The van der Waals surface area contributed by atoms with Crippen LogP contribution < -0.4 is 5.32 Å². The molecule has 2 aromatic rings. The van der Waals surface area contributed by atoms with Gasteiger partial charge in [-0.25, -0.2) is 4.39 Å². The second kappa shape index (κ2) is 9.25. The van der Waals surface area contributed by atoms with Crippen LogP contribution in [0.25, 0.3) is 6.08 Å². The van der Waals surface area contributed by atoms with E-state index >= 15 is 0 Å². The summed E-state index contributed by atoms with van der Waals surface area (Å²) < 4.78 is 13.0. The smallest absolute Gasteiger partial charge is 0.294 e. The SMILES string of the molecule is CC(C)(C)c1cc(/C=C2\SC(=O)N(CC(=O)Nc3ccc(F)cc3)C2=O)cc(C(C)(C)C)c1O. The van der Waals surface area contributed by atoms with Crippen molar-refractivity contribution in [2.45, 2.75) is 52.4 Å². The molecular weight excluding hydrogens is 455 g/mol. The number of thioether (sulfide) groups is 1. The van der Waals surface area contributed by atoms with Crippen LogP contribution >= 0.6 is 11.8 Å². The highest BCUT2D eigenvalue weighted by molar-refractivity contribution is 8.18. The molecule has 34 heavy (non-hydrogen) atoms. The van der Waals surface area contributed by atoms with Crippen molar-refractivity contribution < 1.29 is 23.9 Å². The summed E-state index contributed by atoms with van der Waals surface area (Å²) >= 11 is 0.764. The highest BCUT2D eigenvalue weighted by Gasteiger charge is 2.36. The van der Waals surface area contributed by atoms with E-state index in [2.05, 4.69) is 5.32 Å². The minimum Gasteiger partial charge on any atom is -0.507 e. The molecule has 3 amide bonds. The minimum atomic E-state index is -0.565. The van der Waals surface area contributed by atoms with Crippen molar-refractivity contribution in [1.29, 1.82) is 0 Å². The number of amides is 3. The molecule has 8 heteroatoms. The molecule has 0 unspecified atom stereocenters. The van der Waals surface area contributed by atoms with Gasteiger partial charge >= 0.3 is 0 Å². The molecule has 0 aliphatic carbocycles. The molecule has 1 aliphatic heterocycles. The number of halogens is 1. The number of phenolic OH excluding ortho intramolecular Hbond substituents is 1. The summed E-state index contributed by atoms with van der Waals surface area (Å²) in [7, 11) is 0. The molecule has 2 N–H and O–H groups in total. The minimum absolute atomic E-state index is 0.199. The largest absolute Gasteiger partial charge is 0.507 e. The zero-order valence-electron chi connectivity index (χ0n) is 20.2. The number of nitrogens with zero attached hydrogens (tertiary/aromatic N) is 1. The first-order valence-electron chi connectivity index (χ1n) is 10.9. The average Bonchev–Trinajstić information content (AvgIpc) is 2.96. The Labute approximate surface area is 203 Å². The Morgan fingerprint density at radius 2 is 1.56 bits per heavy atom. The Bertz CT molecular complexity index is 1140. The fourth-order valence-electron chi connectivity index (χ4n) is 3.55. The lowest BCUT2D eigenvalue weighted by atomic mass is 9.78. The summed E-state index contributed by atoms with van der Waals surface area (Å²) in [5, 5.41) is 12.9. The van der Waals surface area contributed by atoms with Gasteiger partial charge in [0.2, 0.25) is 5.91 Å². The molecule has 0 aromatic heterocycles. The highest BCUT2D eigenvalue weighted by Crippen LogP contribution is 2.41. The van der Waals surface area contributed by atoms with E-state index in [1.165, 1.54) is 24.3 Å². The van der Waals surface area contributed by atoms with Gasteiger partial charge in [-0.3, -0.25) is 19.3 Å². The number of carbonyl (C=O) groups is 3. The van der Waals surface area contributed by atoms with E-state index in [1.807, 2.05) is 53.7 Å². The molecule has 0 saturated carbocycles. The number of phenols is 1. The number of imide groups is 1. The Balaban J connectivity index is 1.87. The zero-order valence-corrected chi connectivity index (χ0v) is 21.0. The fourth-order valence-corrected chi connectivity index (χ4v) is 4.39. The number of nitrogens with one attached hydrogen (secondary N) is 1. The van der Waals surface area contributed by atoms with Crippen molar-refractivity contribution >= 4 is 40.6 Å². The van der Waals surface area contributed by atoms with Gasteiger partial charge in [-0.15, -0.1) is 0 Å². The van der Waals surface area contributed by atoms with Crippen LogP contribution in [0.3, 0.4) is 0 Å². The van der Waals surface area contributed by atoms with Gasteiger partial charge in [0.15, 0.2) is 0 Å². The Hall–Kier alpha value is -3.13. The van der Waals surface area contributed by atoms with Gasteiger partial charge < -0.3 is 10.4 Å². The van der Waals surface area contributed by atoms with Gasteiger partial charge in [0, 0.05) is 16.8 Å². The van der Waals surface area contributed by atoms with Crippen LogP contribution in [0.2, 0.25) is 0 Å². The molecule has 180 valence electrons. The van der Waals surface area contributed by atoms with E-state index in [-0.39, 0.29) is 21.5 Å². The lowest BCUT2D eigenvalue weighted by Gasteiger charge is -2.28. The number of hydrogen-bond donors (Lipinski definition) is 2. The normalized spacial score (nSPS) is 15.9. The predicted molar refractivity (Wildman–Crippen MR) is 133 cm³/mol. The van der Waals surface area contributed by atoms with Crippen molar-refractivity contribution in [3.63, 3.8) is 0 Å². The molecule has 0 spiro atoms. The average molecular weight is 485 g/mol. The monoisotopic (exact) mass is 484 g/mol. The fraction of sp³-hybridized carbons (Fsp3) is 0.346. The zero-order chi connectivity index (χ0) is 25.4. The van der Waals surface area contributed by atoms with Crippen LogP contribution in [0.4, 0.5) is 14.9 Å². The first kappa shape index (κ1) is 25.5. The second-order valence-corrected chi connectivity index (χ2v) is 11.3. The molecule has 0 bridgehead atoms. The highest BCUT2D eigenvalue weighted by atomic mass is 32.2. The lowest BCUT2D eigenvalue weighted by molar-refractivity contribution is -0.127. The van der Waals surface area contributed by atoms with Crippen LogP contribution in [0, 0.1) is 5.82 Å². The summed E-state index contributed by atoms with van der Waals surface area (Å²) in [4.78, 5) is 38.8. The summed E-state index contributed by atoms with van der Waals surface area (Å²) in [6.07, 6.45) is 1.62. The Morgan fingerprint density at radius 1 is 1.03 bits per heavy atom. The molecule has 3 rings (SSSR count). The van der Waals surface area contributed by atoms with Crippen molar-refractivity contribution in [3.05, 3.63) is 63.8 Å². The van der Waals surface area contributed by atoms with E-state index in [0.717, 1.165) is 27.8 Å². The van der Waals surface area contributed by atoms with E-state index in [0.29, 0.717) is 11.3 Å². The van der Waals surface area contributed by atoms with E-state index in [9.17, 15) is 23.9 Å². The van der Waals surface area contributed by atoms with E-state index in [1.54, 1.807) is 6.08 Å². The number of anilines is 1. The van der Waals surface area contributed by atoms with Crippen LogP contribution in [0.15, 0.2) is 41.3 Å². The van der Waals surface area contributed by atoms with Gasteiger partial charge in [0.1, 0.15) is 18.1 Å². The number of aromatic hydroxyl groups is 1. The summed E-state index contributed by atoms with van der Waals surface area (Å²) in [5.41, 5.74) is 1.85. The van der Waals surface area contributed by atoms with Crippen LogP contribution in [-0.2, 0) is 20.4 Å².